The minimum absolute atomic E-state index is 0.0666. The molecular weight excluding hydrogens is 590 g/mol. The number of likely N-dealkylation sites (N-methyl/N-ethyl adjacent to an activating group) is 1. The normalized spacial score (nSPS) is 14.5. The van der Waals surface area contributed by atoms with Crippen LogP contribution in [0.4, 0.5) is 11.4 Å². The lowest BCUT2D eigenvalue weighted by Crippen LogP contribution is -2.38. The molecule has 5 aromatic rings. The van der Waals surface area contributed by atoms with Gasteiger partial charge in [-0.25, -0.2) is 0 Å². The fourth-order valence-corrected chi connectivity index (χ4v) is 6.18. The quantitative estimate of drug-likeness (QED) is 0.179. The zero-order chi connectivity index (χ0) is 33.1. The Morgan fingerprint density at radius 3 is 2.57 bits per heavy atom. The molecule has 6 rings (SSSR count). The molecule has 3 amide bonds. The standard InChI is InChI=1S/C37H39N7O3/c1-24-9-5-12-28(19-24)40-36(46)34-31-23-43(37(47)32-13-7-17-38-32)21-25(2)35(31)44(41-34)22-27-11-6-10-26-20-29(15-16-30(26)27)39-33(45)14-8-18-42(3)4/h5-17,19-20,25,38H,18,21-23H2,1-4H3,(H,39,45)(H,40,46)/b14-8+. The lowest BCUT2D eigenvalue weighted by molar-refractivity contribution is -0.111. The van der Waals surface area contributed by atoms with Crippen LogP contribution in [0.3, 0.4) is 0 Å². The maximum absolute atomic E-state index is 13.8. The Labute approximate surface area is 274 Å². The van der Waals surface area contributed by atoms with Crippen molar-refractivity contribution in [1.82, 2.24) is 24.6 Å². The van der Waals surface area contributed by atoms with Gasteiger partial charge in [-0.05, 0) is 79.3 Å². The summed E-state index contributed by atoms with van der Waals surface area (Å²) >= 11 is 0. The van der Waals surface area contributed by atoms with Crippen LogP contribution in [0.1, 0.15) is 56.2 Å². The van der Waals surface area contributed by atoms with E-state index >= 15 is 0 Å². The first-order valence-electron chi connectivity index (χ1n) is 15.7. The van der Waals surface area contributed by atoms with Gasteiger partial charge < -0.3 is 25.4 Å². The van der Waals surface area contributed by atoms with E-state index in [0.29, 0.717) is 42.4 Å². The lowest BCUT2D eigenvalue weighted by atomic mass is 9.95. The number of benzene rings is 3. The maximum Gasteiger partial charge on any atom is 0.276 e. The van der Waals surface area contributed by atoms with Crippen LogP contribution in [0.2, 0.25) is 0 Å². The average molecular weight is 630 g/mol. The molecule has 3 heterocycles. The second-order valence-corrected chi connectivity index (χ2v) is 12.4. The zero-order valence-corrected chi connectivity index (χ0v) is 27.1. The summed E-state index contributed by atoms with van der Waals surface area (Å²) in [7, 11) is 3.90. The summed E-state index contributed by atoms with van der Waals surface area (Å²) in [5, 5.41) is 12.9. The molecule has 1 aliphatic rings. The van der Waals surface area contributed by atoms with Crippen LogP contribution in [-0.2, 0) is 17.9 Å². The molecule has 0 fully saturated rings. The monoisotopic (exact) mass is 629 g/mol. The number of H-pyrrole nitrogens is 1. The molecule has 0 aliphatic carbocycles. The maximum atomic E-state index is 13.8. The van der Waals surface area contributed by atoms with Gasteiger partial charge in [0.2, 0.25) is 5.91 Å². The van der Waals surface area contributed by atoms with Gasteiger partial charge in [0.25, 0.3) is 11.8 Å². The van der Waals surface area contributed by atoms with E-state index in [4.69, 9.17) is 5.10 Å². The van der Waals surface area contributed by atoms with Gasteiger partial charge in [0.1, 0.15) is 5.69 Å². The average Bonchev–Trinajstić information content (AvgIpc) is 3.70. The molecule has 3 aromatic carbocycles. The van der Waals surface area contributed by atoms with Gasteiger partial charge in [-0.1, -0.05) is 49.4 Å². The summed E-state index contributed by atoms with van der Waals surface area (Å²) < 4.78 is 1.92. The number of carbonyl (C=O) groups is 3. The number of hydrogen-bond donors (Lipinski definition) is 3. The number of amides is 3. The number of aromatic amines is 1. The summed E-state index contributed by atoms with van der Waals surface area (Å²) in [5.74, 6) is -0.678. The van der Waals surface area contributed by atoms with Crippen molar-refractivity contribution in [3.05, 3.63) is 125 Å². The Morgan fingerprint density at radius 2 is 1.81 bits per heavy atom. The van der Waals surface area contributed by atoms with Crippen LogP contribution >= 0.6 is 0 Å². The third kappa shape index (κ3) is 7.02. The Kier molecular flexibility index (Phi) is 9.03. The van der Waals surface area contributed by atoms with Gasteiger partial charge in [-0.15, -0.1) is 0 Å². The first kappa shape index (κ1) is 31.5. The third-order valence-corrected chi connectivity index (χ3v) is 8.31. The molecule has 3 N–H and O–H groups in total. The van der Waals surface area contributed by atoms with Crippen LogP contribution in [0, 0.1) is 6.92 Å². The van der Waals surface area contributed by atoms with Gasteiger partial charge in [0.15, 0.2) is 5.69 Å². The minimum atomic E-state index is -0.315. The summed E-state index contributed by atoms with van der Waals surface area (Å²) in [5.41, 5.74) is 5.97. The van der Waals surface area contributed by atoms with Gasteiger partial charge in [0, 0.05) is 53.9 Å². The summed E-state index contributed by atoms with van der Waals surface area (Å²) in [6.07, 6.45) is 5.10. The van der Waals surface area contributed by atoms with Crippen molar-refractivity contribution in [2.45, 2.75) is 32.9 Å². The molecule has 10 nitrogen and oxygen atoms in total. The SMILES string of the molecule is Cc1cccc(NC(=O)c2nn(Cc3cccc4cc(NC(=O)/C=C/CN(C)C)ccc34)c3c2CN(C(=O)c2ccc[nH]2)CC3C)c1. The molecule has 0 bridgehead atoms. The van der Waals surface area contributed by atoms with Crippen molar-refractivity contribution in [3.8, 4) is 0 Å². The second kappa shape index (κ2) is 13.5. The molecule has 0 saturated carbocycles. The zero-order valence-electron chi connectivity index (χ0n) is 27.1. The molecular formula is C37H39N7O3. The van der Waals surface area contributed by atoms with E-state index in [9.17, 15) is 14.4 Å². The highest BCUT2D eigenvalue weighted by Gasteiger charge is 2.34. The molecule has 1 aliphatic heterocycles. The molecule has 1 unspecified atom stereocenters. The van der Waals surface area contributed by atoms with Crippen molar-refractivity contribution in [2.75, 3.05) is 37.8 Å². The Hall–Kier alpha value is -5.48. The highest BCUT2D eigenvalue weighted by molar-refractivity contribution is 6.04. The second-order valence-electron chi connectivity index (χ2n) is 12.4. The molecule has 47 heavy (non-hydrogen) atoms. The summed E-state index contributed by atoms with van der Waals surface area (Å²) in [6, 6.07) is 23.1. The highest BCUT2D eigenvalue weighted by Crippen LogP contribution is 2.33. The van der Waals surface area contributed by atoms with E-state index in [0.717, 1.165) is 33.2 Å². The fraction of sp³-hybridized carbons (Fsp3) is 0.243. The highest BCUT2D eigenvalue weighted by atomic mass is 16.2. The van der Waals surface area contributed by atoms with E-state index in [1.54, 1.807) is 29.3 Å². The predicted octanol–water partition coefficient (Wildman–Crippen LogP) is 5.79. The molecule has 0 spiro atoms. The van der Waals surface area contributed by atoms with E-state index in [1.807, 2.05) is 91.3 Å². The largest absolute Gasteiger partial charge is 0.357 e. The molecule has 0 radical (unpaired) electrons. The number of hydrogen-bond acceptors (Lipinski definition) is 5. The van der Waals surface area contributed by atoms with Crippen molar-refractivity contribution >= 4 is 39.9 Å². The van der Waals surface area contributed by atoms with Gasteiger partial charge in [0.05, 0.1) is 13.1 Å². The molecule has 240 valence electrons. The van der Waals surface area contributed by atoms with Crippen molar-refractivity contribution in [3.63, 3.8) is 0 Å². The number of rotatable bonds is 9. The van der Waals surface area contributed by atoms with E-state index in [-0.39, 0.29) is 30.2 Å². The number of nitrogens with zero attached hydrogens (tertiary/aromatic N) is 4. The first-order valence-corrected chi connectivity index (χ1v) is 15.7. The van der Waals surface area contributed by atoms with Crippen LogP contribution in [0.25, 0.3) is 10.8 Å². The lowest BCUT2D eigenvalue weighted by Gasteiger charge is -2.32. The summed E-state index contributed by atoms with van der Waals surface area (Å²) in [4.78, 5) is 46.4. The fourth-order valence-electron chi connectivity index (χ4n) is 6.18. The van der Waals surface area contributed by atoms with E-state index < -0.39 is 0 Å². The number of fused-ring (bicyclic) bond motifs is 2. The Bertz CT molecular complexity index is 1970. The number of carbonyl (C=O) groups excluding carboxylic acids is 3. The van der Waals surface area contributed by atoms with Crippen molar-refractivity contribution in [2.24, 2.45) is 0 Å². The number of anilines is 2. The summed E-state index contributed by atoms with van der Waals surface area (Å²) in [6.45, 7) is 5.93. The first-order chi connectivity index (χ1) is 22.7. The third-order valence-electron chi connectivity index (χ3n) is 8.31. The van der Waals surface area contributed by atoms with Crippen molar-refractivity contribution < 1.29 is 14.4 Å². The van der Waals surface area contributed by atoms with Crippen LogP contribution in [-0.4, -0.2) is 69.5 Å². The molecule has 10 heteroatoms. The molecule has 2 aromatic heterocycles. The Balaban J connectivity index is 1.32. The minimum Gasteiger partial charge on any atom is -0.357 e. The Morgan fingerprint density at radius 1 is 1.00 bits per heavy atom. The van der Waals surface area contributed by atoms with Gasteiger partial charge >= 0.3 is 0 Å². The van der Waals surface area contributed by atoms with Gasteiger partial charge in [-0.3, -0.25) is 19.1 Å². The van der Waals surface area contributed by atoms with E-state index in [1.165, 1.54) is 0 Å². The smallest absolute Gasteiger partial charge is 0.276 e. The van der Waals surface area contributed by atoms with Crippen molar-refractivity contribution in [1.29, 1.82) is 0 Å². The van der Waals surface area contributed by atoms with E-state index in [2.05, 4.69) is 28.6 Å². The van der Waals surface area contributed by atoms with Crippen LogP contribution in [0.15, 0.2) is 91.1 Å². The topological polar surface area (TPSA) is 115 Å². The van der Waals surface area contributed by atoms with Crippen LogP contribution < -0.4 is 10.6 Å². The number of aryl methyl sites for hydroxylation is 1. The molecule has 1 atom stereocenters. The molecule has 0 saturated heterocycles. The predicted molar refractivity (Wildman–Crippen MR) is 185 cm³/mol. The number of aromatic nitrogens is 3. The van der Waals surface area contributed by atoms with Crippen LogP contribution in [0.5, 0.6) is 0 Å². The van der Waals surface area contributed by atoms with Gasteiger partial charge in [-0.2, -0.15) is 5.10 Å². The number of nitrogens with one attached hydrogen (secondary N) is 3.